The molecular weight excluding hydrogens is 266 g/mol. The quantitative estimate of drug-likeness (QED) is 0.786. The summed E-state index contributed by atoms with van der Waals surface area (Å²) in [6.07, 6.45) is 0.942. The number of nitrogens with one attached hydrogen (secondary N) is 1. The number of benzene rings is 1. The SMILES string of the molecule is CCN(CCCN(C)C)C(=O)Nc1ccc(C(C)=O)cc1. The maximum absolute atomic E-state index is 12.2. The number of ketones is 1. The number of rotatable bonds is 7. The average Bonchev–Trinajstić information content (AvgIpc) is 2.43. The van der Waals surface area contributed by atoms with Gasteiger partial charge in [0.2, 0.25) is 0 Å². The normalized spacial score (nSPS) is 10.5. The van der Waals surface area contributed by atoms with Gasteiger partial charge in [-0.2, -0.15) is 0 Å². The van der Waals surface area contributed by atoms with E-state index in [1.807, 2.05) is 21.0 Å². The summed E-state index contributed by atoms with van der Waals surface area (Å²) in [5.41, 5.74) is 1.35. The summed E-state index contributed by atoms with van der Waals surface area (Å²) < 4.78 is 0. The fourth-order valence-corrected chi connectivity index (χ4v) is 1.97. The van der Waals surface area contributed by atoms with E-state index in [1.165, 1.54) is 6.92 Å². The number of anilines is 1. The van der Waals surface area contributed by atoms with E-state index in [2.05, 4.69) is 10.2 Å². The third kappa shape index (κ3) is 5.95. The number of hydrogen-bond acceptors (Lipinski definition) is 3. The van der Waals surface area contributed by atoms with Crippen LogP contribution in [0.5, 0.6) is 0 Å². The largest absolute Gasteiger partial charge is 0.325 e. The molecule has 0 aliphatic rings. The molecule has 1 rings (SSSR count). The molecule has 0 aromatic heterocycles. The predicted octanol–water partition coefficient (Wildman–Crippen LogP) is 2.69. The van der Waals surface area contributed by atoms with Crippen molar-refractivity contribution in [3.8, 4) is 0 Å². The summed E-state index contributed by atoms with van der Waals surface area (Å²) in [5.74, 6) is 0.0201. The van der Waals surface area contributed by atoms with Gasteiger partial charge in [0.05, 0.1) is 0 Å². The van der Waals surface area contributed by atoms with Crippen molar-refractivity contribution < 1.29 is 9.59 Å². The number of nitrogens with zero attached hydrogens (tertiary/aromatic N) is 2. The van der Waals surface area contributed by atoms with E-state index in [0.29, 0.717) is 17.8 Å². The lowest BCUT2D eigenvalue weighted by Crippen LogP contribution is -2.36. The minimum Gasteiger partial charge on any atom is -0.325 e. The number of carbonyl (C=O) groups excluding carboxylic acids is 2. The molecule has 116 valence electrons. The highest BCUT2D eigenvalue weighted by atomic mass is 16.2. The molecule has 0 saturated heterocycles. The van der Waals surface area contributed by atoms with Crippen molar-refractivity contribution in [1.29, 1.82) is 0 Å². The van der Waals surface area contributed by atoms with Crippen LogP contribution in [-0.2, 0) is 0 Å². The van der Waals surface area contributed by atoms with E-state index < -0.39 is 0 Å². The van der Waals surface area contributed by atoms with Gasteiger partial charge in [0.15, 0.2) is 5.78 Å². The number of carbonyl (C=O) groups is 2. The van der Waals surface area contributed by atoms with Gasteiger partial charge in [-0.1, -0.05) is 0 Å². The summed E-state index contributed by atoms with van der Waals surface area (Å²) >= 11 is 0. The van der Waals surface area contributed by atoms with Crippen molar-refractivity contribution in [3.63, 3.8) is 0 Å². The second-order valence-electron chi connectivity index (χ2n) is 5.30. The van der Waals surface area contributed by atoms with Crippen molar-refractivity contribution in [2.45, 2.75) is 20.3 Å². The Kier molecular flexibility index (Phi) is 6.88. The molecule has 1 N–H and O–H groups in total. The minimum absolute atomic E-state index is 0.0201. The van der Waals surface area contributed by atoms with E-state index in [1.54, 1.807) is 29.2 Å². The molecule has 0 unspecified atom stereocenters. The number of Topliss-reactive ketones (excluding diaryl/α,β-unsaturated/α-hetero) is 1. The molecule has 0 bridgehead atoms. The molecule has 0 saturated carbocycles. The van der Waals surface area contributed by atoms with Crippen LogP contribution in [0, 0.1) is 0 Å². The Hall–Kier alpha value is -1.88. The monoisotopic (exact) mass is 291 g/mol. The van der Waals surface area contributed by atoms with Crippen molar-refractivity contribution in [2.24, 2.45) is 0 Å². The lowest BCUT2D eigenvalue weighted by molar-refractivity contribution is 0.101. The van der Waals surface area contributed by atoms with Gasteiger partial charge in [-0.3, -0.25) is 4.79 Å². The molecule has 0 radical (unpaired) electrons. The number of urea groups is 1. The Labute approximate surface area is 126 Å². The summed E-state index contributed by atoms with van der Waals surface area (Å²) in [4.78, 5) is 27.3. The molecule has 0 fully saturated rings. The second-order valence-corrected chi connectivity index (χ2v) is 5.30. The second kappa shape index (κ2) is 8.42. The zero-order valence-electron chi connectivity index (χ0n) is 13.3. The average molecular weight is 291 g/mol. The minimum atomic E-state index is -0.105. The van der Waals surface area contributed by atoms with Crippen LogP contribution < -0.4 is 5.32 Å². The molecule has 5 heteroatoms. The zero-order valence-corrected chi connectivity index (χ0v) is 13.3. The smallest absolute Gasteiger partial charge is 0.321 e. The van der Waals surface area contributed by atoms with Crippen LogP contribution in [0.3, 0.4) is 0 Å². The first-order valence-electron chi connectivity index (χ1n) is 7.25. The van der Waals surface area contributed by atoms with Gasteiger partial charge in [-0.25, -0.2) is 4.79 Å². The first-order valence-corrected chi connectivity index (χ1v) is 7.25. The van der Waals surface area contributed by atoms with Gasteiger partial charge in [0.1, 0.15) is 0 Å². The molecule has 0 aliphatic carbocycles. The van der Waals surface area contributed by atoms with Crippen molar-refractivity contribution in [1.82, 2.24) is 9.80 Å². The maximum Gasteiger partial charge on any atom is 0.321 e. The molecular formula is C16H25N3O2. The molecule has 21 heavy (non-hydrogen) atoms. The molecule has 1 aromatic carbocycles. The summed E-state index contributed by atoms with van der Waals surface area (Å²) in [6, 6.07) is 6.84. The highest BCUT2D eigenvalue weighted by molar-refractivity contribution is 5.95. The molecule has 0 aliphatic heterocycles. The van der Waals surface area contributed by atoms with Crippen LogP contribution in [0.4, 0.5) is 10.5 Å². The van der Waals surface area contributed by atoms with Gasteiger partial charge in [0.25, 0.3) is 0 Å². The fourth-order valence-electron chi connectivity index (χ4n) is 1.97. The van der Waals surface area contributed by atoms with E-state index in [9.17, 15) is 9.59 Å². The van der Waals surface area contributed by atoms with Gasteiger partial charge in [-0.15, -0.1) is 0 Å². The van der Waals surface area contributed by atoms with Crippen LogP contribution in [-0.4, -0.2) is 55.3 Å². The van der Waals surface area contributed by atoms with Gasteiger partial charge < -0.3 is 15.1 Å². The number of hydrogen-bond donors (Lipinski definition) is 1. The Bertz CT molecular complexity index is 469. The highest BCUT2D eigenvalue weighted by Crippen LogP contribution is 2.11. The molecule has 0 atom stereocenters. The highest BCUT2D eigenvalue weighted by Gasteiger charge is 2.11. The first-order chi connectivity index (χ1) is 9.93. The van der Waals surface area contributed by atoms with E-state index >= 15 is 0 Å². The number of amides is 2. The van der Waals surface area contributed by atoms with Crippen LogP contribution >= 0.6 is 0 Å². The van der Waals surface area contributed by atoms with Crippen LogP contribution in [0.25, 0.3) is 0 Å². The first kappa shape index (κ1) is 17.2. The molecule has 5 nitrogen and oxygen atoms in total. The van der Waals surface area contributed by atoms with Crippen LogP contribution in [0.2, 0.25) is 0 Å². The van der Waals surface area contributed by atoms with E-state index in [4.69, 9.17) is 0 Å². The van der Waals surface area contributed by atoms with E-state index in [0.717, 1.165) is 19.5 Å². The fraction of sp³-hybridized carbons (Fsp3) is 0.500. The predicted molar refractivity (Wildman–Crippen MR) is 85.9 cm³/mol. The lowest BCUT2D eigenvalue weighted by atomic mass is 10.1. The Morgan fingerprint density at radius 1 is 1.10 bits per heavy atom. The zero-order chi connectivity index (χ0) is 15.8. The summed E-state index contributed by atoms with van der Waals surface area (Å²) in [6.45, 7) is 5.85. The molecule has 2 amide bonds. The van der Waals surface area contributed by atoms with Crippen molar-refractivity contribution in [2.75, 3.05) is 39.0 Å². The standard InChI is InChI=1S/C16H25N3O2/c1-5-19(12-6-11-18(3)4)16(21)17-15-9-7-14(8-10-15)13(2)20/h7-10H,5-6,11-12H2,1-4H3,(H,17,21). The Morgan fingerprint density at radius 2 is 1.71 bits per heavy atom. The van der Waals surface area contributed by atoms with Gasteiger partial charge >= 0.3 is 6.03 Å². The van der Waals surface area contributed by atoms with Gasteiger partial charge in [-0.05, 0) is 65.2 Å². The molecule has 1 aromatic rings. The van der Waals surface area contributed by atoms with Crippen LogP contribution in [0.1, 0.15) is 30.6 Å². The Morgan fingerprint density at radius 3 is 2.19 bits per heavy atom. The third-order valence-electron chi connectivity index (χ3n) is 3.24. The topological polar surface area (TPSA) is 52.6 Å². The van der Waals surface area contributed by atoms with Crippen molar-refractivity contribution in [3.05, 3.63) is 29.8 Å². The van der Waals surface area contributed by atoms with Crippen LogP contribution in [0.15, 0.2) is 24.3 Å². The summed E-state index contributed by atoms with van der Waals surface area (Å²) in [7, 11) is 4.04. The van der Waals surface area contributed by atoms with Gasteiger partial charge in [0, 0.05) is 24.3 Å². The van der Waals surface area contributed by atoms with Crippen molar-refractivity contribution >= 4 is 17.5 Å². The molecule has 0 heterocycles. The Balaban J connectivity index is 2.54. The molecule has 0 spiro atoms. The summed E-state index contributed by atoms with van der Waals surface area (Å²) in [5, 5.41) is 2.86. The third-order valence-corrected chi connectivity index (χ3v) is 3.24. The lowest BCUT2D eigenvalue weighted by Gasteiger charge is -2.22. The van der Waals surface area contributed by atoms with E-state index in [-0.39, 0.29) is 11.8 Å². The maximum atomic E-state index is 12.2.